The normalized spacial score (nSPS) is 29.1. The standard InChI is InChI=1S/C14H22N2O3S/c1-2-15-9-12-5-6-14(19-12)20(17,18)16-13-8-10-3-4-11(13)7-10/h5-6,10-11,13,15-16H,2-4,7-9H2,1H3. The molecule has 0 aromatic carbocycles. The summed E-state index contributed by atoms with van der Waals surface area (Å²) in [5.41, 5.74) is 0. The topological polar surface area (TPSA) is 71.3 Å². The van der Waals surface area contributed by atoms with E-state index in [-0.39, 0.29) is 11.1 Å². The third kappa shape index (κ3) is 2.77. The van der Waals surface area contributed by atoms with Crippen LogP contribution in [0.4, 0.5) is 0 Å². The predicted molar refractivity (Wildman–Crippen MR) is 75.6 cm³/mol. The second-order valence-electron chi connectivity index (χ2n) is 5.90. The monoisotopic (exact) mass is 298 g/mol. The van der Waals surface area contributed by atoms with E-state index in [0.717, 1.165) is 19.4 Å². The van der Waals surface area contributed by atoms with Crippen molar-refractivity contribution in [2.24, 2.45) is 11.8 Å². The molecule has 3 atom stereocenters. The molecule has 0 amide bonds. The smallest absolute Gasteiger partial charge is 0.274 e. The molecular formula is C14H22N2O3S. The molecule has 2 aliphatic carbocycles. The van der Waals surface area contributed by atoms with Gasteiger partial charge in [0.25, 0.3) is 10.0 Å². The molecule has 5 nitrogen and oxygen atoms in total. The van der Waals surface area contributed by atoms with Gasteiger partial charge >= 0.3 is 0 Å². The summed E-state index contributed by atoms with van der Waals surface area (Å²) < 4.78 is 32.9. The minimum Gasteiger partial charge on any atom is -0.447 e. The van der Waals surface area contributed by atoms with Crippen molar-refractivity contribution in [3.63, 3.8) is 0 Å². The van der Waals surface area contributed by atoms with Gasteiger partial charge in [0, 0.05) is 6.04 Å². The Kier molecular flexibility index (Phi) is 3.88. The van der Waals surface area contributed by atoms with Gasteiger partial charge in [0.15, 0.2) is 0 Å². The molecule has 3 rings (SSSR count). The molecule has 1 aromatic rings. The lowest BCUT2D eigenvalue weighted by Crippen LogP contribution is -2.38. The van der Waals surface area contributed by atoms with Crippen molar-refractivity contribution in [3.05, 3.63) is 17.9 Å². The van der Waals surface area contributed by atoms with E-state index < -0.39 is 10.0 Å². The quantitative estimate of drug-likeness (QED) is 0.841. The first-order valence-electron chi connectivity index (χ1n) is 7.40. The predicted octanol–water partition coefficient (Wildman–Crippen LogP) is 1.86. The summed E-state index contributed by atoms with van der Waals surface area (Å²) in [6.45, 7) is 3.38. The van der Waals surface area contributed by atoms with E-state index in [1.165, 1.54) is 12.8 Å². The molecule has 2 N–H and O–H groups in total. The molecule has 2 fully saturated rings. The summed E-state index contributed by atoms with van der Waals surface area (Å²) >= 11 is 0. The van der Waals surface area contributed by atoms with E-state index >= 15 is 0 Å². The van der Waals surface area contributed by atoms with Crippen LogP contribution in [0, 0.1) is 11.8 Å². The maximum absolute atomic E-state index is 12.3. The van der Waals surface area contributed by atoms with Gasteiger partial charge in [0.1, 0.15) is 5.76 Å². The van der Waals surface area contributed by atoms with Gasteiger partial charge in [-0.25, -0.2) is 13.1 Å². The number of furan rings is 1. The van der Waals surface area contributed by atoms with Crippen LogP contribution >= 0.6 is 0 Å². The molecule has 0 saturated heterocycles. The minimum absolute atomic E-state index is 0.0353. The van der Waals surface area contributed by atoms with Crippen molar-refractivity contribution in [2.45, 2.75) is 50.3 Å². The summed E-state index contributed by atoms with van der Waals surface area (Å²) in [6.07, 6.45) is 4.57. The van der Waals surface area contributed by atoms with Gasteiger partial charge in [0.2, 0.25) is 5.09 Å². The Hall–Kier alpha value is -0.850. The highest BCUT2D eigenvalue weighted by Crippen LogP contribution is 2.44. The number of sulfonamides is 1. The van der Waals surface area contributed by atoms with Gasteiger partial charge < -0.3 is 9.73 Å². The summed E-state index contributed by atoms with van der Waals surface area (Å²) in [7, 11) is -3.51. The molecule has 2 aliphatic rings. The van der Waals surface area contributed by atoms with Gasteiger partial charge in [-0.2, -0.15) is 0 Å². The molecule has 2 saturated carbocycles. The van der Waals surface area contributed by atoms with Crippen molar-refractivity contribution in [2.75, 3.05) is 6.54 Å². The summed E-state index contributed by atoms with van der Waals surface area (Å²) in [5.74, 6) is 1.89. The van der Waals surface area contributed by atoms with Crippen molar-refractivity contribution in [3.8, 4) is 0 Å². The van der Waals surface area contributed by atoms with Gasteiger partial charge in [-0.3, -0.25) is 0 Å². The fraction of sp³-hybridized carbons (Fsp3) is 0.714. The first kappa shape index (κ1) is 14.1. The summed E-state index contributed by atoms with van der Waals surface area (Å²) in [6, 6.07) is 3.36. The van der Waals surface area contributed by atoms with Crippen molar-refractivity contribution in [1.82, 2.24) is 10.0 Å². The Balaban J connectivity index is 1.67. The third-order valence-corrected chi connectivity index (χ3v) is 5.86. The molecule has 0 spiro atoms. The molecule has 112 valence electrons. The molecule has 2 bridgehead atoms. The molecular weight excluding hydrogens is 276 g/mol. The largest absolute Gasteiger partial charge is 0.447 e. The zero-order valence-electron chi connectivity index (χ0n) is 11.8. The lowest BCUT2D eigenvalue weighted by atomic mass is 9.96. The van der Waals surface area contributed by atoms with Crippen molar-refractivity contribution in [1.29, 1.82) is 0 Å². The average molecular weight is 298 g/mol. The minimum atomic E-state index is -3.51. The van der Waals surface area contributed by atoms with Crippen LogP contribution in [-0.4, -0.2) is 21.0 Å². The number of fused-ring (bicyclic) bond motifs is 2. The zero-order chi connectivity index (χ0) is 14.2. The zero-order valence-corrected chi connectivity index (χ0v) is 12.6. The van der Waals surface area contributed by atoms with Gasteiger partial charge in [-0.15, -0.1) is 0 Å². The van der Waals surface area contributed by atoms with Crippen molar-refractivity contribution < 1.29 is 12.8 Å². The molecule has 1 heterocycles. The summed E-state index contributed by atoms with van der Waals surface area (Å²) in [4.78, 5) is 0. The van der Waals surface area contributed by atoms with Crippen molar-refractivity contribution >= 4 is 10.0 Å². The van der Waals surface area contributed by atoms with E-state index in [0.29, 0.717) is 24.1 Å². The fourth-order valence-electron chi connectivity index (χ4n) is 3.49. The van der Waals surface area contributed by atoms with E-state index in [9.17, 15) is 8.42 Å². The van der Waals surface area contributed by atoms with Crippen LogP contribution in [0.25, 0.3) is 0 Å². The van der Waals surface area contributed by atoms with E-state index in [2.05, 4.69) is 10.0 Å². The van der Waals surface area contributed by atoms with Gasteiger partial charge in [-0.05, 0) is 49.8 Å². The van der Waals surface area contributed by atoms with E-state index in [1.54, 1.807) is 12.1 Å². The lowest BCUT2D eigenvalue weighted by Gasteiger charge is -2.21. The molecule has 3 unspecified atom stereocenters. The Morgan fingerprint density at radius 2 is 2.15 bits per heavy atom. The van der Waals surface area contributed by atoms with Gasteiger partial charge in [0.05, 0.1) is 6.54 Å². The van der Waals surface area contributed by atoms with Crippen LogP contribution < -0.4 is 10.0 Å². The first-order chi connectivity index (χ1) is 9.58. The van der Waals surface area contributed by atoms with E-state index in [4.69, 9.17) is 4.42 Å². The molecule has 6 heteroatoms. The van der Waals surface area contributed by atoms with Crippen LogP contribution in [0.1, 0.15) is 38.4 Å². The number of rotatable bonds is 6. The maximum atomic E-state index is 12.3. The fourth-order valence-corrected chi connectivity index (χ4v) is 4.76. The molecule has 0 radical (unpaired) electrons. The Bertz CT molecular complexity index is 567. The average Bonchev–Trinajstić information content (AvgIpc) is 3.11. The Morgan fingerprint density at radius 3 is 2.80 bits per heavy atom. The molecule has 1 aromatic heterocycles. The number of hydrogen-bond donors (Lipinski definition) is 2. The SMILES string of the molecule is CCNCc1ccc(S(=O)(=O)NC2CC3CCC2C3)o1. The first-order valence-corrected chi connectivity index (χ1v) is 8.88. The molecule has 0 aliphatic heterocycles. The maximum Gasteiger partial charge on any atom is 0.274 e. The van der Waals surface area contributed by atoms with Crippen LogP contribution in [-0.2, 0) is 16.6 Å². The highest BCUT2D eigenvalue weighted by atomic mass is 32.2. The number of hydrogen-bond acceptors (Lipinski definition) is 4. The van der Waals surface area contributed by atoms with Gasteiger partial charge in [-0.1, -0.05) is 13.3 Å². The van der Waals surface area contributed by atoms with Crippen LogP contribution in [0.3, 0.4) is 0 Å². The second kappa shape index (κ2) is 5.50. The van der Waals surface area contributed by atoms with Crippen LogP contribution in [0.2, 0.25) is 0 Å². The third-order valence-electron chi connectivity index (χ3n) is 4.50. The highest BCUT2D eigenvalue weighted by molar-refractivity contribution is 7.89. The highest BCUT2D eigenvalue weighted by Gasteiger charge is 2.41. The lowest BCUT2D eigenvalue weighted by molar-refractivity contribution is 0.373. The Labute approximate surface area is 120 Å². The number of nitrogens with one attached hydrogen (secondary N) is 2. The second-order valence-corrected chi connectivity index (χ2v) is 7.55. The van der Waals surface area contributed by atoms with Crippen LogP contribution in [0.15, 0.2) is 21.6 Å². The molecule has 20 heavy (non-hydrogen) atoms. The van der Waals surface area contributed by atoms with Crippen LogP contribution in [0.5, 0.6) is 0 Å². The Morgan fingerprint density at radius 1 is 1.30 bits per heavy atom. The van der Waals surface area contributed by atoms with E-state index in [1.807, 2.05) is 6.92 Å². The summed E-state index contributed by atoms with van der Waals surface area (Å²) in [5, 5.41) is 3.15.